The van der Waals surface area contributed by atoms with Crippen LogP contribution in [0.25, 0.3) is 28.0 Å². The Morgan fingerprint density at radius 1 is 1.11 bits per heavy atom. The Morgan fingerprint density at radius 2 is 2.00 bits per heavy atom. The average Bonchev–Trinajstić information content (AvgIpc) is 2.76. The second kappa shape index (κ2) is 3.38. The minimum Gasteiger partial charge on any atom is -0.483 e. The fourth-order valence-electron chi connectivity index (χ4n) is 2.58. The number of nitrogens with zero attached hydrogens (tertiary/aromatic N) is 1. The van der Waals surface area contributed by atoms with E-state index in [9.17, 15) is 0 Å². The van der Waals surface area contributed by atoms with Crippen LogP contribution in [-0.2, 0) is 0 Å². The van der Waals surface area contributed by atoms with Gasteiger partial charge in [-0.25, -0.2) is 0 Å². The predicted octanol–water partition coefficient (Wildman–Crippen LogP) is 4.17. The lowest BCUT2D eigenvalue weighted by Gasteiger charge is -2.27. The first-order chi connectivity index (χ1) is 9.14. The van der Waals surface area contributed by atoms with Crippen LogP contribution < -0.4 is 4.74 Å². The molecule has 0 spiro atoms. The number of hydrogen-bond donors (Lipinski definition) is 0. The van der Waals surface area contributed by atoms with Crippen molar-refractivity contribution in [3.05, 3.63) is 42.2 Å². The topological polar surface area (TPSA) is 35.3 Å². The summed E-state index contributed by atoms with van der Waals surface area (Å²) in [4.78, 5) is 4.19. The van der Waals surface area contributed by atoms with E-state index in [2.05, 4.69) is 17.1 Å². The molecular formula is C16H13NO2. The van der Waals surface area contributed by atoms with Crippen molar-refractivity contribution in [3.8, 4) is 5.75 Å². The summed E-state index contributed by atoms with van der Waals surface area (Å²) in [6.45, 7) is 4.09. The third kappa shape index (κ3) is 1.48. The fourth-order valence-corrected chi connectivity index (χ4v) is 2.58. The SMILES string of the molecule is CC1(C)C=Cc2c(ccc3oc4ccncc4c23)O1. The molecule has 3 heterocycles. The molecule has 0 amide bonds. The number of ether oxygens (including phenoxy) is 1. The molecule has 0 bridgehead atoms. The molecule has 0 N–H and O–H groups in total. The number of hydrogen-bond acceptors (Lipinski definition) is 3. The van der Waals surface area contributed by atoms with E-state index in [1.54, 1.807) is 6.20 Å². The van der Waals surface area contributed by atoms with Gasteiger partial charge in [-0.1, -0.05) is 6.08 Å². The molecule has 3 heteroatoms. The quantitative estimate of drug-likeness (QED) is 0.601. The fraction of sp³-hybridized carbons (Fsp3) is 0.188. The predicted molar refractivity (Wildman–Crippen MR) is 75.3 cm³/mol. The van der Waals surface area contributed by atoms with Gasteiger partial charge >= 0.3 is 0 Å². The third-order valence-corrected chi connectivity index (χ3v) is 3.46. The number of benzene rings is 1. The molecule has 19 heavy (non-hydrogen) atoms. The van der Waals surface area contributed by atoms with Crippen molar-refractivity contribution < 1.29 is 9.15 Å². The largest absolute Gasteiger partial charge is 0.483 e. The molecule has 4 rings (SSSR count). The van der Waals surface area contributed by atoms with Gasteiger partial charge in [0.25, 0.3) is 0 Å². The van der Waals surface area contributed by atoms with Crippen molar-refractivity contribution in [2.75, 3.05) is 0 Å². The lowest BCUT2D eigenvalue weighted by Crippen LogP contribution is -2.27. The van der Waals surface area contributed by atoms with Gasteiger partial charge in [-0.2, -0.15) is 0 Å². The molecule has 1 aliphatic rings. The Kier molecular flexibility index (Phi) is 1.89. The number of rotatable bonds is 0. The molecule has 0 unspecified atom stereocenters. The van der Waals surface area contributed by atoms with E-state index in [0.29, 0.717) is 0 Å². The van der Waals surface area contributed by atoms with Gasteiger partial charge in [0.05, 0.1) is 0 Å². The minimum atomic E-state index is -0.265. The van der Waals surface area contributed by atoms with Crippen molar-refractivity contribution >= 4 is 28.0 Å². The highest BCUT2D eigenvalue weighted by molar-refractivity contribution is 6.09. The molecule has 0 saturated carbocycles. The average molecular weight is 251 g/mol. The summed E-state index contributed by atoms with van der Waals surface area (Å²) in [5.41, 5.74) is 2.54. The first-order valence-corrected chi connectivity index (χ1v) is 6.31. The van der Waals surface area contributed by atoms with Gasteiger partial charge in [-0.15, -0.1) is 0 Å². The third-order valence-electron chi connectivity index (χ3n) is 3.46. The maximum atomic E-state index is 6.00. The molecule has 0 radical (unpaired) electrons. The Bertz CT molecular complexity index is 827. The van der Waals surface area contributed by atoms with Crippen LogP contribution in [0.1, 0.15) is 19.4 Å². The molecule has 1 aliphatic heterocycles. The molecule has 1 aromatic carbocycles. The monoisotopic (exact) mass is 251 g/mol. The first kappa shape index (κ1) is 10.6. The summed E-state index contributed by atoms with van der Waals surface area (Å²) in [5, 5.41) is 2.11. The molecule has 0 atom stereocenters. The maximum Gasteiger partial charge on any atom is 0.138 e. The summed E-state index contributed by atoms with van der Waals surface area (Å²) >= 11 is 0. The van der Waals surface area contributed by atoms with Crippen molar-refractivity contribution in [1.29, 1.82) is 0 Å². The molecule has 94 valence electrons. The zero-order chi connectivity index (χ0) is 13.0. The number of furan rings is 1. The van der Waals surface area contributed by atoms with E-state index < -0.39 is 0 Å². The van der Waals surface area contributed by atoms with Crippen molar-refractivity contribution in [3.63, 3.8) is 0 Å². The highest BCUT2D eigenvalue weighted by atomic mass is 16.5. The number of aromatic nitrogens is 1. The molecule has 3 aromatic rings. The van der Waals surface area contributed by atoms with E-state index in [-0.39, 0.29) is 5.60 Å². The molecule has 0 saturated heterocycles. The number of fused-ring (bicyclic) bond motifs is 5. The highest BCUT2D eigenvalue weighted by Crippen LogP contribution is 2.40. The van der Waals surface area contributed by atoms with E-state index in [1.165, 1.54) is 0 Å². The second-order valence-electron chi connectivity index (χ2n) is 5.36. The Labute approximate surface area is 110 Å². The molecule has 2 aromatic heterocycles. The summed E-state index contributed by atoms with van der Waals surface area (Å²) in [5.74, 6) is 0.895. The highest BCUT2D eigenvalue weighted by Gasteiger charge is 2.24. The smallest absolute Gasteiger partial charge is 0.138 e. The standard InChI is InChI=1S/C16H13NO2/c1-16(2)7-5-10-13(19-16)3-4-14-15(10)11-9-17-8-6-12(11)18-14/h3-9H,1-2H3. The van der Waals surface area contributed by atoms with Gasteiger partial charge in [-0.05, 0) is 38.1 Å². The van der Waals surface area contributed by atoms with Crippen molar-refractivity contribution in [2.45, 2.75) is 19.4 Å². The minimum absolute atomic E-state index is 0.265. The molecular weight excluding hydrogens is 238 g/mol. The Balaban J connectivity index is 2.13. The van der Waals surface area contributed by atoms with E-state index in [0.717, 1.165) is 33.3 Å². The van der Waals surface area contributed by atoms with E-state index >= 15 is 0 Å². The summed E-state index contributed by atoms with van der Waals surface area (Å²) in [6.07, 6.45) is 7.77. The zero-order valence-electron chi connectivity index (χ0n) is 10.8. The lowest BCUT2D eigenvalue weighted by atomic mass is 9.99. The second-order valence-corrected chi connectivity index (χ2v) is 5.36. The summed E-state index contributed by atoms with van der Waals surface area (Å²) in [7, 11) is 0. The van der Waals surface area contributed by atoms with Gasteiger partial charge in [0.2, 0.25) is 0 Å². The molecule has 0 fully saturated rings. The Hall–Kier alpha value is -2.29. The van der Waals surface area contributed by atoms with Crippen LogP contribution in [0.15, 0.2) is 41.1 Å². The van der Waals surface area contributed by atoms with E-state index in [4.69, 9.17) is 9.15 Å². The van der Waals surface area contributed by atoms with Crippen LogP contribution in [0.4, 0.5) is 0 Å². The Morgan fingerprint density at radius 3 is 2.89 bits per heavy atom. The van der Waals surface area contributed by atoms with Crippen molar-refractivity contribution in [2.24, 2.45) is 0 Å². The van der Waals surface area contributed by atoms with Gasteiger partial charge in [0.1, 0.15) is 22.5 Å². The normalized spacial score (nSPS) is 16.5. The first-order valence-electron chi connectivity index (χ1n) is 6.31. The maximum absolute atomic E-state index is 6.00. The summed E-state index contributed by atoms with van der Waals surface area (Å²) in [6, 6.07) is 5.82. The van der Waals surface area contributed by atoms with Gasteiger partial charge in [-0.3, -0.25) is 4.98 Å². The van der Waals surface area contributed by atoms with Crippen molar-refractivity contribution in [1.82, 2.24) is 4.98 Å². The van der Waals surface area contributed by atoms with Gasteiger partial charge in [0.15, 0.2) is 0 Å². The summed E-state index contributed by atoms with van der Waals surface area (Å²) < 4.78 is 11.8. The van der Waals surface area contributed by atoms with Crippen LogP contribution in [-0.4, -0.2) is 10.6 Å². The zero-order valence-corrected chi connectivity index (χ0v) is 10.8. The van der Waals surface area contributed by atoms with Crippen LogP contribution in [0.2, 0.25) is 0 Å². The van der Waals surface area contributed by atoms with Crippen LogP contribution in [0.3, 0.4) is 0 Å². The lowest BCUT2D eigenvalue weighted by molar-refractivity contribution is 0.159. The van der Waals surface area contributed by atoms with Crippen LogP contribution >= 0.6 is 0 Å². The number of pyridine rings is 1. The van der Waals surface area contributed by atoms with Crippen LogP contribution in [0, 0.1) is 0 Å². The van der Waals surface area contributed by atoms with Gasteiger partial charge in [0, 0.05) is 28.7 Å². The van der Waals surface area contributed by atoms with Crippen LogP contribution in [0.5, 0.6) is 5.75 Å². The molecule has 3 nitrogen and oxygen atoms in total. The molecule has 0 aliphatic carbocycles. The van der Waals surface area contributed by atoms with E-state index in [1.807, 2.05) is 38.2 Å². The van der Waals surface area contributed by atoms with Gasteiger partial charge < -0.3 is 9.15 Å².